The summed E-state index contributed by atoms with van der Waals surface area (Å²) in [5.41, 5.74) is 6.85. The first-order valence-electron chi connectivity index (χ1n) is 9.45. The molecule has 3 atom stereocenters. The van der Waals surface area contributed by atoms with Crippen LogP contribution in [0.4, 0.5) is 0 Å². The summed E-state index contributed by atoms with van der Waals surface area (Å²) in [5.74, 6) is 0.0102. The van der Waals surface area contributed by atoms with E-state index in [4.69, 9.17) is 5.73 Å². The molecule has 6 nitrogen and oxygen atoms in total. The predicted molar refractivity (Wildman–Crippen MR) is 103 cm³/mol. The molecule has 1 aliphatic carbocycles. The van der Waals surface area contributed by atoms with E-state index >= 15 is 0 Å². The van der Waals surface area contributed by atoms with E-state index in [2.05, 4.69) is 5.32 Å². The molecule has 0 aromatic heterocycles. The van der Waals surface area contributed by atoms with Crippen LogP contribution in [0.1, 0.15) is 58.1 Å². The van der Waals surface area contributed by atoms with Crippen LogP contribution in [0.2, 0.25) is 0 Å². The van der Waals surface area contributed by atoms with Crippen LogP contribution in [0.25, 0.3) is 0 Å². The van der Waals surface area contributed by atoms with Gasteiger partial charge in [0, 0.05) is 25.0 Å². The highest BCUT2D eigenvalue weighted by atomic mass is 32.2. The Bertz CT molecular complexity index is 699. The van der Waals surface area contributed by atoms with Gasteiger partial charge in [-0.15, -0.1) is 0 Å². The number of nitrogens with two attached hydrogens (primary N) is 1. The average Bonchev–Trinajstić information content (AvgIpc) is 2.62. The second-order valence-corrected chi connectivity index (χ2v) is 8.95. The zero-order valence-electron chi connectivity index (χ0n) is 15.9. The summed E-state index contributed by atoms with van der Waals surface area (Å²) in [5, 5.41) is 3.04. The lowest BCUT2D eigenvalue weighted by atomic mass is 9.85. The highest BCUT2D eigenvalue weighted by molar-refractivity contribution is 7.89. The first-order chi connectivity index (χ1) is 12.3. The van der Waals surface area contributed by atoms with E-state index in [9.17, 15) is 13.2 Å². The van der Waals surface area contributed by atoms with Crippen LogP contribution in [0.5, 0.6) is 0 Å². The van der Waals surface area contributed by atoms with Gasteiger partial charge in [0.1, 0.15) is 0 Å². The lowest BCUT2D eigenvalue weighted by Gasteiger charge is -2.27. The molecule has 0 heterocycles. The maximum Gasteiger partial charge on any atom is 0.243 e. The van der Waals surface area contributed by atoms with E-state index in [-0.39, 0.29) is 28.8 Å². The third-order valence-electron chi connectivity index (χ3n) is 5.17. The van der Waals surface area contributed by atoms with Crippen molar-refractivity contribution in [3.8, 4) is 0 Å². The van der Waals surface area contributed by atoms with Gasteiger partial charge in [-0.25, -0.2) is 8.42 Å². The van der Waals surface area contributed by atoms with Crippen LogP contribution in [0.15, 0.2) is 29.2 Å². The Morgan fingerprint density at radius 2 is 1.85 bits per heavy atom. The predicted octanol–water partition coefficient (Wildman–Crippen LogP) is 2.41. The normalized spacial score (nSPS) is 22.2. The van der Waals surface area contributed by atoms with E-state index < -0.39 is 10.0 Å². The summed E-state index contributed by atoms with van der Waals surface area (Å²) in [4.78, 5) is 12.7. The molecule has 3 N–H and O–H groups in total. The first kappa shape index (κ1) is 20.9. The molecule has 1 amide bonds. The molecule has 2 rings (SSSR count). The van der Waals surface area contributed by atoms with Gasteiger partial charge in [-0.3, -0.25) is 4.79 Å². The fraction of sp³-hybridized carbons (Fsp3) is 0.632. The molecular formula is C19H31N3O3S. The summed E-state index contributed by atoms with van der Waals surface area (Å²) < 4.78 is 26.5. The average molecular weight is 382 g/mol. The van der Waals surface area contributed by atoms with Crippen molar-refractivity contribution in [2.45, 2.75) is 63.4 Å². The molecule has 1 aromatic carbocycles. The number of hydrogen-bond donors (Lipinski definition) is 2. The van der Waals surface area contributed by atoms with E-state index in [0.717, 1.165) is 31.2 Å². The molecule has 1 saturated carbocycles. The van der Waals surface area contributed by atoms with Crippen LogP contribution in [0.3, 0.4) is 0 Å². The number of carbonyl (C=O) groups excluding carboxylic acids is 1. The summed E-state index contributed by atoms with van der Waals surface area (Å²) in [6, 6.07) is 6.71. The second-order valence-electron chi connectivity index (χ2n) is 7.01. The molecule has 1 aromatic rings. The Balaban J connectivity index is 2.04. The fourth-order valence-electron chi connectivity index (χ4n) is 3.52. The van der Waals surface area contributed by atoms with Crippen molar-refractivity contribution in [2.24, 2.45) is 11.7 Å². The topological polar surface area (TPSA) is 92.5 Å². The zero-order chi connectivity index (χ0) is 19.3. The number of benzene rings is 1. The van der Waals surface area contributed by atoms with Crippen molar-refractivity contribution in [3.05, 3.63) is 29.8 Å². The molecule has 1 aliphatic rings. The van der Waals surface area contributed by atoms with Crippen molar-refractivity contribution in [1.29, 1.82) is 0 Å². The van der Waals surface area contributed by atoms with Crippen LogP contribution >= 0.6 is 0 Å². The molecule has 26 heavy (non-hydrogen) atoms. The van der Waals surface area contributed by atoms with E-state index in [1.807, 2.05) is 20.8 Å². The van der Waals surface area contributed by atoms with Gasteiger partial charge in [-0.1, -0.05) is 32.4 Å². The zero-order valence-corrected chi connectivity index (χ0v) is 16.8. The molecule has 0 saturated heterocycles. The van der Waals surface area contributed by atoms with Gasteiger partial charge in [-0.2, -0.15) is 4.31 Å². The second kappa shape index (κ2) is 8.97. The monoisotopic (exact) mass is 381 g/mol. The molecule has 1 fully saturated rings. The van der Waals surface area contributed by atoms with Crippen LogP contribution < -0.4 is 11.1 Å². The van der Waals surface area contributed by atoms with Gasteiger partial charge >= 0.3 is 0 Å². The standard InChI is InChI=1S/C19H31N3O3S/c1-4-22(5-2)26(24,25)18-11-9-15(10-12-18)14(3)21-19(23)16-7-6-8-17(20)13-16/h9-12,14,16-17H,4-8,13,20H2,1-3H3,(H,21,23). The highest BCUT2D eigenvalue weighted by Gasteiger charge is 2.26. The smallest absolute Gasteiger partial charge is 0.243 e. The Labute approximate surface area is 157 Å². The molecule has 0 radical (unpaired) electrons. The summed E-state index contributed by atoms with van der Waals surface area (Å²) in [6.45, 7) is 6.44. The van der Waals surface area contributed by atoms with Crippen molar-refractivity contribution in [2.75, 3.05) is 13.1 Å². The number of rotatable bonds is 7. The van der Waals surface area contributed by atoms with Crippen molar-refractivity contribution in [1.82, 2.24) is 9.62 Å². The molecule has 7 heteroatoms. The molecule has 3 unspecified atom stereocenters. The lowest BCUT2D eigenvalue weighted by molar-refractivity contribution is -0.126. The highest BCUT2D eigenvalue weighted by Crippen LogP contribution is 2.25. The summed E-state index contributed by atoms with van der Waals surface area (Å²) >= 11 is 0. The Kier molecular flexibility index (Phi) is 7.20. The third-order valence-corrected chi connectivity index (χ3v) is 7.23. The fourth-order valence-corrected chi connectivity index (χ4v) is 4.98. The van der Waals surface area contributed by atoms with Gasteiger partial charge in [0.25, 0.3) is 0 Å². The number of sulfonamides is 1. The van der Waals surface area contributed by atoms with Crippen molar-refractivity contribution < 1.29 is 13.2 Å². The van der Waals surface area contributed by atoms with Gasteiger partial charge < -0.3 is 11.1 Å². The maximum atomic E-state index is 12.5. The van der Waals surface area contributed by atoms with Crippen molar-refractivity contribution in [3.63, 3.8) is 0 Å². The quantitative estimate of drug-likeness (QED) is 0.758. The van der Waals surface area contributed by atoms with Crippen LogP contribution in [-0.2, 0) is 14.8 Å². The van der Waals surface area contributed by atoms with Gasteiger partial charge in [0.05, 0.1) is 10.9 Å². The SMILES string of the molecule is CCN(CC)S(=O)(=O)c1ccc(C(C)NC(=O)C2CCCC(N)C2)cc1. The van der Waals surface area contributed by atoms with Gasteiger partial charge in [0.15, 0.2) is 0 Å². The molecular weight excluding hydrogens is 350 g/mol. The molecule has 0 bridgehead atoms. The molecule has 146 valence electrons. The molecule has 0 aliphatic heterocycles. The van der Waals surface area contributed by atoms with Gasteiger partial charge in [-0.05, 0) is 43.9 Å². The van der Waals surface area contributed by atoms with E-state index in [0.29, 0.717) is 13.1 Å². The van der Waals surface area contributed by atoms with E-state index in [1.54, 1.807) is 24.3 Å². The van der Waals surface area contributed by atoms with Crippen LogP contribution in [-0.4, -0.2) is 37.8 Å². The number of nitrogens with zero attached hydrogens (tertiary/aromatic N) is 1. The minimum absolute atomic E-state index is 0.0245. The number of nitrogens with one attached hydrogen (secondary N) is 1. The molecule has 0 spiro atoms. The lowest BCUT2D eigenvalue weighted by Crippen LogP contribution is -2.38. The van der Waals surface area contributed by atoms with E-state index in [1.165, 1.54) is 4.31 Å². The summed E-state index contributed by atoms with van der Waals surface area (Å²) in [6.07, 6.45) is 3.60. The number of amides is 1. The minimum Gasteiger partial charge on any atom is -0.349 e. The summed E-state index contributed by atoms with van der Waals surface area (Å²) in [7, 11) is -3.46. The number of carbonyl (C=O) groups is 1. The number of hydrogen-bond acceptors (Lipinski definition) is 4. The van der Waals surface area contributed by atoms with Crippen molar-refractivity contribution >= 4 is 15.9 Å². The van der Waals surface area contributed by atoms with Gasteiger partial charge in [0.2, 0.25) is 15.9 Å². The first-order valence-corrected chi connectivity index (χ1v) is 10.9. The Morgan fingerprint density at radius 3 is 2.38 bits per heavy atom. The van der Waals surface area contributed by atoms with Crippen LogP contribution in [0, 0.1) is 5.92 Å². The largest absolute Gasteiger partial charge is 0.349 e. The maximum absolute atomic E-state index is 12.5. The third kappa shape index (κ3) is 4.84. The minimum atomic E-state index is -3.46. The Morgan fingerprint density at radius 1 is 1.23 bits per heavy atom. The Hall–Kier alpha value is -1.44.